The molecule has 2 unspecified atom stereocenters. The van der Waals surface area contributed by atoms with Crippen molar-refractivity contribution < 1.29 is 19.0 Å². The minimum absolute atomic E-state index is 0.0114. The van der Waals surface area contributed by atoms with Crippen LogP contribution in [0.5, 0.6) is 0 Å². The number of halogens is 2. The SMILES string of the molecule is Cc1c(C(O)C(O)CCN=[N+]=[N-])ccc(F)c1F. The van der Waals surface area contributed by atoms with Crippen LogP contribution < -0.4 is 0 Å². The predicted octanol–water partition coefficient (Wildman–Crippen LogP) is 2.37. The topological polar surface area (TPSA) is 89.2 Å². The summed E-state index contributed by atoms with van der Waals surface area (Å²) >= 11 is 0. The standard InChI is InChI=1S/C11H13F2N3O2/c1-6-7(2-3-8(12)10(6)13)11(18)9(17)4-5-15-16-14/h2-3,9,11,17-18H,4-5H2,1H3. The molecule has 0 saturated carbocycles. The Hall–Kier alpha value is -1.69. The van der Waals surface area contributed by atoms with Gasteiger partial charge in [-0.15, -0.1) is 0 Å². The average molecular weight is 257 g/mol. The third-order valence-electron chi connectivity index (χ3n) is 2.65. The van der Waals surface area contributed by atoms with E-state index in [2.05, 4.69) is 10.0 Å². The number of azide groups is 1. The van der Waals surface area contributed by atoms with Crippen molar-refractivity contribution in [3.63, 3.8) is 0 Å². The number of nitrogens with zero attached hydrogens (tertiary/aromatic N) is 3. The number of aliphatic hydroxyl groups is 2. The summed E-state index contributed by atoms with van der Waals surface area (Å²) in [5, 5.41) is 22.7. The summed E-state index contributed by atoms with van der Waals surface area (Å²) in [5.41, 5.74) is 8.13. The summed E-state index contributed by atoms with van der Waals surface area (Å²) in [4.78, 5) is 2.51. The number of aliphatic hydroxyl groups excluding tert-OH is 2. The molecule has 0 amide bonds. The molecule has 0 aromatic heterocycles. The van der Waals surface area contributed by atoms with Gasteiger partial charge in [-0.25, -0.2) is 8.78 Å². The highest BCUT2D eigenvalue weighted by Crippen LogP contribution is 2.25. The molecule has 0 spiro atoms. The maximum atomic E-state index is 13.3. The molecule has 0 aliphatic rings. The van der Waals surface area contributed by atoms with Crippen molar-refractivity contribution in [1.82, 2.24) is 0 Å². The van der Waals surface area contributed by atoms with Gasteiger partial charge >= 0.3 is 0 Å². The van der Waals surface area contributed by atoms with Crippen LogP contribution in [0.4, 0.5) is 8.78 Å². The van der Waals surface area contributed by atoms with E-state index in [0.29, 0.717) is 0 Å². The minimum atomic E-state index is -1.35. The van der Waals surface area contributed by atoms with E-state index in [1.165, 1.54) is 13.0 Å². The monoisotopic (exact) mass is 257 g/mol. The van der Waals surface area contributed by atoms with Gasteiger partial charge in [-0.1, -0.05) is 11.2 Å². The summed E-state index contributed by atoms with van der Waals surface area (Å²) in [7, 11) is 0. The van der Waals surface area contributed by atoms with Gasteiger partial charge in [0.15, 0.2) is 11.6 Å². The molecule has 0 heterocycles. The molecule has 1 aromatic carbocycles. The Morgan fingerprint density at radius 3 is 2.67 bits per heavy atom. The molecule has 0 aliphatic heterocycles. The van der Waals surface area contributed by atoms with Crippen LogP contribution in [-0.4, -0.2) is 22.9 Å². The second-order valence-corrected chi connectivity index (χ2v) is 3.83. The lowest BCUT2D eigenvalue weighted by Crippen LogP contribution is -2.20. The van der Waals surface area contributed by atoms with E-state index in [4.69, 9.17) is 5.53 Å². The van der Waals surface area contributed by atoms with Crippen LogP contribution in [-0.2, 0) is 0 Å². The fourth-order valence-corrected chi connectivity index (χ4v) is 1.59. The Morgan fingerprint density at radius 1 is 1.39 bits per heavy atom. The lowest BCUT2D eigenvalue weighted by atomic mass is 9.97. The molecule has 1 rings (SSSR count). The quantitative estimate of drug-likeness (QED) is 0.481. The Balaban J connectivity index is 2.86. The van der Waals surface area contributed by atoms with Gasteiger partial charge in [-0.2, -0.15) is 0 Å². The van der Waals surface area contributed by atoms with Crippen molar-refractivity contribution in [2.45, 2.75) is 25.6 Å². The Bertz CT molecular complexity index is 476. The van der Waals surface area contributed by atoms with E-state index in [1.807, 2.05) is 0 Å². The molecule has 0 saturated heterocycles. The molecule has 0 fully saturated rings. The van der Waals surface area contributed by atoms with E-state index in [1.54, 1.807) is 0 Å². The van der Waals surface area contributed by atoms with Crippen molar-refractivity contribution >= 4 is 0 Å². The zero-order chi connectivity index (χ0) is 13.7. The largest absolute Gasteiger partial charge is 0.390 e. The summed E-state index contributed by atoms with van der Waals surface area (Å²) < 4.78 is 26.2. The van der Waals surface area contributed by atoms with Gasteiger partial charge in [0.25, 0.3) is 0 Å². The van der Waals surface area contributed by atoms with E-state index >= 15 is 0 Å². The van der Waals surface area contributed by atoms with Gasteiger partial charge in [0, 0.05) is 11.5 Å². The first kappa shape index (κ1) is 14.4. The number of hydrogen-bond donors (Lipinski definition) is 2. The van der Waals surface area contributed by atoms with Gasteiger partial charge in [0.05, 0.1) is 6.10 Å². The highest BCUT2D eigenvalue weighted by molar-refractivity contribution is 5.30. The molecule has 1 aromatic rings. The predicted molar refractivity (Wildman–Crippen MR) is 60.7 cm³/mol. The second-order valence-electron chi connectivity index (χ2n) is 3.83. The Kier molecular flexibility index (Phi) is 5.03. The smallest absolute Gasteiger partial charge is 0.162 e. The maximum absolute atomic E-state index is 13.3. The van der Waals surface area contributed by atoms with E-state index in [0.717, 1.165) is 6.07 Å². The first-order chi connectivity index (χ1) is 8.49. The van der Waals surface area contributed by atoms with Gasteiger partial charge in [0.2, 0.25) is 0 Å². The minimum Gasteiger partial charge on any atom is -0.390 e. The zero-order valence-corrected chi connectivity index (χ0v) is 9.72. The fraction of sp³-hybridized carbons (Fsp3) is 0.455. The van der Waals surface area contributed by atoms with E-state index in [-0.39, 0.29) is 24.1 Å². The van der Waals surface area contributed by atoms with E-state index in [9.17, 15) is 19.0 Å². The first-order valence-electron chi connectivity index (χ1n) is 5.30. The number of benzene rings is 1. The van der Waals surface area contributed by atoms with Crippen LogP contribution >= 0.6 is 0 Å². The first-order valence-corrected chi connectivity index (χ1v) is 5.30. The normalized spacial score (nSPS) is 13.8. The molecule has 5 nitrogen and oxygen atoms in total. The summed E-state index contributed by atoms with van der Waals surface area (Å²) in [6.45, 7) is 1.33. The summed E-state index contributed by atoms with van der Waals surface area (Å²) in [6.07, 6.45) is -2.53. The molecule has 2 atom stereocenters. The average Bonchev–Trinajstić information content (AvgIpc) is 2.35. The van der Waals surface area contributed by atoms with Crippen LogP contribution in [0.15, 0.2) is 17.2 Å². The van der Waals surface area contributed by atoms with Crippen LogP contribution in [0, 0.1) is 18.6 Å². The summed E-state index contributed by atoms with van der Waals surface area (Å²) in [6, 6.07) is 2.11. The molecule has 7 heteroatoms. The van der Waals surface area contributed by atoms with Crippen molar-refractivity contribution in [1.29, 1.82) is 0 Å². The lowest BCUT2D eigenvalue weighted by Gasteiger charge is -2.19. The molecule has 2 N–H and O–H groups in total. The number of hydrogen-bond acceptors (Lipinski definition) is 3. The highest BCUT2D eigenvalue weighted by Gasteiger charge is 2.22. The molecule has 18 heavy (non-hydrogen) atoms. The zero-order valence-electron chi connectivity index (χ0n) is 9.72. The van der Waals surface area contributed by atoms with Crippen molar-refractivity contribution in [2.75, 3.05) is 6.54 Å². The highest BCUT2D eigenvalue weighted by atomic mass is 19.2. The van der Waals surface area contributed by atoms with Crippen molar-refractivity contribution in [3.05, 3.63) is 45.3 Å². The molecular formula is C11H13F2N3O2. The second kappa shape index (κ2) is 6.30. The molecule has 98 valence electrons. The van der Waals surface area contributed by atoms with Gasteiger partial charge in [0.1, 0.15) is 6.10 Å². The maximum Gasteiger partial charge on any atom is 0.162 e. The van der Waals surface area contributed by atoms with Crippen LogP contribution in [0.2, 0.25) is 0 Å². The van der Waals surface area contributed by atoms with Crippen molar-refractivity contribution in [2.24, 2.45) is 5.11 Å². The van der Waals surface area contributed by atoms with E-state index < -0.39 is 23.8 Å². The molecular weight excluding hydrogens is 244 g/mol. The van der Waals surface area contributed by atoms with Gasteiger partial charge < -0.3 is 10.2 Å². The third kappa shape index (κ3) is 3.16. The van der Waals surface area contributed by atoms with Crippen LogP contribution in [0.3, 0.4) is 0 Å². The summed E-state index contributed by atoms with van der Waals surface area (Å²) in [5.74, 6) is -2.05. The van der Waals surface area contributed by atoms with Gasteiger partial charge in [-0.05, 0) is 36.1 Å². The third-order valence-corrected chi connectivity index (χ3v) is 2.65. The number of rotatable bonds is 5. The molecule has 0 bridgehead atoms. The lowest BCUT2D eigenvalue weighted by molar-refractivity contribution is 0.0144. The van der Waals surface area contributed by atoms with Crippen LogP contribution in [0.25, 0.3) is 10.4 Å². The molecule has 0 aliphatic carbocycles. The molecule has 0 radical (unpaired) electrons. The van der Waals surface area contributed by atoms with Crippen molar-refractivity contribution in [3.8, 4) is 0 Å². The Labute approximate surface area is 102 Å². The fourth-order valence-electron chi connectivity index (χ4n) is 1.59. The van der Waals surface area contributed by atoms with Crippen LogP contribution in [0.1, 0.15) is 23.7 Å². The Morgan fingerprint density at radius 2 is 2.06 bits per heavy atom. The van der Waals surface area contributed by atoms with Gasteiger partial charge in [-0.3, -0.25) is 0 Å².